The number of hydrazine groups is 1. The van der Waals surface area contributed by atoms with Crippen LogP contribution in [0.4, 0.5) is 11.6 Å². The van der Waals surface area contributed by atoms with Gasteiger partial charge < -0.3 is 15.5 Å². The van der Waals surface area contributed by atoms with Gasteiger partial charge in [-0.1, -0.05) is 0 Å². The van der Waals surface area contributed by atoms with Crippen LogP contribution in [0.1, 0.15) is 12.7 Å². The van der Waals surface area contributed by atoms with E-state index in [1.807, 2.05) is 0 Å². The number of nitrogens with two attached hydrogens (primary N) is 1. The zero-order valence-electron chi connectivity index (χ0n) is 11.2. The van der Waals surface area contributed by atoms with E-state index in [0.717, 1.165) is 0 Å². The quantitative estimate of drug-likeness (QED) is 0.464. The van der Waals surface area contributed by atoms with Crippen molar-refractivity contribution in [2.75, 3.05) is 29.9 Å². The van der Waals surface area contributed by atoms with Crippen LogP contribution >= 0.6 is 0 Å². The fourth-order valence-electron chi connectivity index (χ4n) is 1.59. The summed E-state index contributed by atoms with van der Waals surface area (Å²) in [5.41, 5.74) is 2.42. The third-order valence-electron chi connectivity index (χ3n) is 2.14. The first-order valence-electron chi connectivity index (χ1n) is 5.62. The number of nitrogens with one attached hydrogen (secondary N) is 2. The van der Waals surface area contributed by atoms with Crippen molar-refractivity contribution in [3.05, 3.63) is 11.9 Å². The molecule has 0 radical (unpaired) electrons. The van der Waals surface area contributed by atoms with Crippen molar-refractivity contribution < 1.29 is 13.2 Å². The molecule has 108 valence electrons. The lowest BCUT2D eigenvalue weighted by atomic mass is 10.4. The topological polar surface area (TPSA) is 119 Å². The Bertz CT molecular complexity index is 520. The van der Waals surface area contributed by atoms with Gasteiger partial charge in [-0.2, -0.15) is 0 Å². The molecule has 1 rings (SSSR count). The minimum atomic E-state index is -3.05. The largest absolute Gasteiger partial charge is 0.377 e. The maximum absolute atomic E-state index is 11.2. The Morgan fingerprint density at radius 2 is 2.05 bits per heavy atom. The van der Waals surface area contributed by atoms with E-state index in [1.165, 1.54) is 13.4 Å². The first-order valence-corrected chi connectivity index (χ1v) is 7.68. The third-order valence-corrected chi connectivity index (χ3v) is 3.25. The molecule has 4 N–H and O–H groups in total. The molecule has 8 nitrogen and oxygen atoms in total. The molecule has 0 bridgehead atoms. The number of hydrogen-bond donors (Lipinski definition) is 3. The Hall–Kier alpha value is -1.45. The minimum absolute atomic E-state index is 0.0159. The molecule has 1 aromatic heterocycles. The summed E-state index contributed by atoms with van der Waals surface area (Å²) in [7, 11) is -1.52. The highest BCUT2D eigenvalue weighted by Gasteiger charge is 2.12. The minimum Gasteiger partial charge on any atom is -0.377 e. The van der Waals surface area contributed by atoms with Crippen LogP contribution in [-0.2, 0) is 21.2 Å². The van der Waals surface area contributed by atoms with Gasteiger partial charge in [-0.25, -0.2) is 24.2 Å². The molecule has 0 fully saturated rings. The zero-order chi connectivity index (χ0) is 14.5. The van der Waals surface area contributed by atoms with Crippen molar-refractivity contribution in [3.8, 4) is 0 Å². The number of methoxy groups -OCH3 is 1. The Morgan fingerprint density at radius 3 is 2.58 bits per heavy atom. The molecule has 0 aliphatic carbocycles. The molecule has 0 aliphatic rings. The number of sulfone groups is 1. The number of nitrogen functional groups attached to an aromatic ring is 1. The number of nitrogens with zero attached hydrogens (tertiary/aromatic N) is 2. The Kier molecular flexibility index (Phi) is 5.45. The number of hydrogen-bond acceptors (Lipinski definition) is 8. The zero-order valence-corrected chi connectivity index (χ0v) is 12.0. The Balaban J connectivity index is 2.84. The summed E-state index contributed by atoms with van der Waals surface area (Å²) in [5, 5.41) is 2.99. The van der Waals surface area contributed by atoms with E-state index in [2.05, 4.69) is 20.7 Å². The predicted octanol–water partition coefficient (Wildman–Crippen LogP) is -0.246. The van der Waals surface area contributed by atoms with Gasteiger partial charge >= 0.3 is 0 Å². The van der Waals surface area contributed by atoms with E-state index in [-0.39, 0.29) is 18.4 Å². The van der Waals surface area contributed by atoms with Crippen LogP contribution in [0.2, 0.25) is 0 Å². The Labute approximate surface area is 112 Å². The highest BCUT2D eigenvalue weighted by Crippen LogP contribution is 2.12. The first kappa shape index (κ1) is 15.6. The summed E-state index contributed by atoms with van der Waals surface area (Å²) in [4.78, 5) is 8.30. The van der Waals surface area contributed by atoms with Crippen LogP contribution < -0.4 is 16.6 Å². The highest BCUT2D eigenvalue weighted by molar-refractivity contribution is 7.90. The summed E-state index contributed by atoms with van der Waals surface area (Å²) in [6.45, 7) is 2.00. The van der Waals surface area contributed by atoms with Crippen molar-refractivity contribution >= 4 is 21.5 Å². The van der Waals surface area contributed by atoms with Crippen molar-refractivity contribution in [3.63, 3.8) is 0 Å². The SMILES string of the molecule is COCc1nc(NN)cc(NC(C)CS(C)(=O)=O)n1. The van der Waals surface area contributed by atoms with Gasteiger partial charge in [0.25, 0.3) is 0 Å². The van der Waals surface area contributed by atoms with Crippen LogP contribution in [0.3, 0.4) is 0 Å². The molecule has 0 aliphatic heterocycles. The second kappa shape index (κ2) is 6.64. The van der Waals surface area contributed by atoms with Gasteiger partial charge in [0.15, 0.2) is 5.82 Å². The molecule has 0 saturated heterocycles. The number of aromatic nitrogens is 2. The van der Waals surface area contributed by atoms with Gasteiger partial charge in [0, 0.05) is 25.5 Å². The van der Waals surface area contributed by atoms with E-state index in [9.17, 15) is 8.42 Å². The lowest BCUT2D eigenvalue weighted by molar-refractivity contribution is 0.178. The van der Waals surface area contributed by atoms with E-state index < -0.39 is 9.84 Å². The molecule has 1 aromatic rings. The lowest BCUT2D eigenvalue weighted by Crippen LogP contribution is -2.26. The summed E-state index contributed by atoms with van der Waals surface area (Å²) in [5.74, 6) is 6.70. The lowest BCUT2D eigenvalue weighted by Gasteiger charge is -2.14. The molecular formula is C10H19N5O3S. The molecule has 1 heterocycles. The Morgan fingerprint density at radius 1 is 1.42 bits per heavy atom. The molecular weight excluding hydrogens is 270 g/mol. The van der Waals surface area contributed by atoms with Crippen molar-refractivity contribution in [1.82, 2.24) is 9.97 Å². The van der Waals surface area contributed by atoms with Gasteiger partial charge in [0.2, 0.25) is 0 Å². The number of anilines is 2. The standard InChI is InChI=1S/C10H19N5O3S/c1-7(6-19(3,16)17)12-8-4-9(15-11)14-10(13-8)5-18-2/h4,7H,5-6,11H2,1-3H3,(H2,12,13,14,15). The second-order valence-electron chi connectivity index (χ2n) is 4.27. The van der Waals surface area contributed by atoms with Crippen LogP contribution in [0.25, 0.3) is 0 Å². The van der Waals surface area contributed by atoms with Crippen molar-refractivity contribution in [1.29, 1.82) is 0 Å². The van der Waals surface area contributed by atoms with E-state index in [1.54, 1.807) is 13.0 Å². The molecule has 0 aromatic carbocycles. The average Bonchev–Trinajstić information content (AvgIpc) is 2.26. The number of ether oxygens (including phenoxy) is 1. The van der Waals surface area contributed by atoms with Gasteiger partial charge in [0.05, 0.1) is 5.75 Å². The van der Waals surface area contributed by atoms with Crippen LogP contribution in [0.5, 0.6) is 0 Å². The molecule has 9 heteroatoms. The molecule has 19 heavy (non-hydrogen) atoms. The van der Waals surface area contributed by atoms with E-state index >= 15 is 0 Å². The smallest absolute Gasteiger partial charge is 0.158 e. The molecule has 1 unspecified atom stereocenters. The third kappa shape index (κ3) is 5.81. The summed E-state index contributed by atoms with van der Waals surface area (Å²) in [6, 6.07) is 1.32. The summed E-state index contributed by atoms with van der Waals surface area (Å²) < 4.78 is 27.3. The molecule has 0 spiro atoms. The maximum atomic E-state index is 11.2. The molecule has 0 amide bonds. The van der Waals surface area contributed by atoms with Gasteiger partial charge in [-0.15, -0.1) is 0 Å². The van der Waals surface area contributed by atoms with Gasteiger partial charge in [-0.05, 0) is 6.92 Å². The monoisotopic (exact) mass is 289 g/mol. The van der Waals surface area contributed by atoms with Crippen LogP contribution in [-0.4, -0.2) is 43.5 Å². The van der Waals surface area contributed by atoms with Crippen molar-refractivity contribution in [2.45, 2.75) is 19.6 Å². The number of rotatable bonds is 7. The van der Waals surface area contributed by atoms with E-state index in [0.29, 0.717) is 17.5 Å². The van der Waals surface area contributed by atoms with Crippen LogP contribution in [0, 0.1) is 0 Å². The highest BCUT2D eigenvalue weighted by atomic mass is 32.2. The van der Waals surface area contributed by atoms with Crippen molar-refractivity contribution in [2.24, 2.45) is 5.84 Å². The van der Waals surface area contributed by atoms with Gasteiger partial charge in [0.1, 0.15) is 28.1 Å². The normalized spacial score (nSPS) is 13.1. The molecule has 0 saturated carbocycles. The van der Waals surface area contributed by atoms with Gasteiger partial charge in [-0.3, -0.25) is 0 Å². The predicted molar refractivity (Wildman–Crippen MR) is 73.4 cm³/mol. The maximum Gasteiger partial charge on any atom is 0.158 e. The average molecular weight is 289 g/mol. The summed E-state index contributed by atoms with van der Waals surface area (Å²) in [6.07, 6.45) is 1.19. The van der Waals surface area contributed by atoms with E-state index in [4.69, 9.17) is 10.6 Å². The summed E-state index contributed by atoms with van der Waals surface area (Å²) >= 11 is 0. The van der Waals surface area contributed by atoms with Crippen LogP contribution in [0.15, 0.2) is 6.07 Å². The first-order chi connectivity index (χ1) is 8.84. The second-order valence-corrected chi connectivity index (χ2v) is 6.45. The fourth-order valence-corrected chi connectivity index (χ4v) is 2.58. The fraction of sp³-hybridized carbons (Fsp3) is 0.600. The molecule has 1 atom stereocenters.